The van der Waals surface area contributed by atoms with Crippen LogP contribution in [0.1, 0.15) is 10.4 Å². The van der Waals surface area contributed by atoms with Crippen LogP contribution in [0.3, 0.4) is 0 Å². The summed E-state index contributed by atoms with van der Waals surface area (Å²) >= 11 is 0. The molecule has 0 unspecified atom stereocenters. The summed E-state index contributed by atoms with van der Waals surface area (Å²) in [4.78, 5) is 25.6. The van der Waals surface area contributed by atoms with Gasteiger partial charge in [0.2, 0.25) is 0 Å². The van der Waals surface area contributed by atoms with Crippen LogP contribution >= 0.6 is 0 Å². The number of nitrogens with one attached hydrogen (secondary N) is 1. The number of hydrogen-bond donors (Lipinski definition) is 1. The summed E-state index contributed by atoms with van der Waals surface area (Å²) in [5.74, 6) is -1.27. The molecule has 0 aliphatic heterocycles. The number of nitrogens with zero attached hydrogens (tertiary/aromatic N) is 2. The highest BCUT2D eigenvalue weighted by Crippen LogP contribution is 2.25. The van der Waals surface area contributed by atoms with Gasteiger partial charge in [-0.3, -0.25) is 19.9 Å². The molecule has 2 rings (SSSR count). The van der Waals surface area contributed by atoms with Gasteiger partial charge in [-0.1, -0.05) is 0 Å². The van der Waals surface area contributed by atoms with Crippen molar-refractivity contribution in [3.8, 4) is 0 Å². The van der Waals surface area contributed by atoms with Gasteiger partial charge in [-0.15, -0.1) is 0 Å². The van der Waals surface area contributed by atoms with Gasteiger partial charge in [-0.2, -0.15) is 0 Å². The molecule has 0 aliphatic carbocycles. The number of nitro benzene ring substituents is 1. The molecule has 6 nitrogen and oxygen atoms in total. The Balaban J connectivity index is 2.31. The molecule has 7 heteroatoms. The number of hydrogen-bond acceptors (Lipinski definition) is 4. The largest absolute Gasteiger partial charge is 0.316 e. The van der Waals surface area contributed by atoms with Gasteiger partial charge in [0.25, 0.3) is 11.6 Å². The SMILES string of the molecule is O=C(Nc1cc(F)ccc1[N+](=O)[O-])c1cccnc1. The minimum absolute atomic E-state index is 0.196. The zero-order valence-electron chi connectivity index (χ0n) is 9.54. The van der Waals surface area contributed by atoms with Crippen LogP contribution in [0.25, 0.3) is 0 Å². The smallest absolute Gasteiger partial charge is 0.292 e. The van der Waals surface area contributed by atoms with Gasteiger partial charge in [-0.05, 0) is 18.2 Å². The van der Waals surface area contributed by atoms with Crippen LogP contribution in [0.5, 0.6) is 0 Å². The van der Waals surface area contributed by atoms with E-state index in [-0.39, 0.29) is 16.9 Å². The van der Waals surface area contributed by atoms with Crippen molar-refractivity contribution < 1.29 is 14.1 Å². The van der Waals surface area contributed by atoms with Gasteiger partial charge in [0.05, 0.1) is 10.5 Å². The average molecular weight is 261 g/mol. The van der Waals surface area contributed by atoms with Crippen molar-refractivity contribution in [1.29, 1.82) is 0 Å². The number of nitro groups is 1. The lowest BCUT2D eigenvalue weighted by Crippen LogP contribution is -2.13. The molecular formula is C12H8FN3O3. The molecule has 1 aromatic heterocycles. The number of halogens is 1. The second-order valence-electron chi connectivity index (χ2n) is 3.61. The van der Waals surface area contributed by atoms with E-state index < -0.39 is 16.6 Å². The number of amides is 1. The first-order valence-corrected chi connectivity index (χ1v) is 5.23. The molecule has 1 aromatic carbocycles. The van der Waals surface area contributed by atoms with Crippen molar-refractivity contribution >= 4 is 17.3 Å². The standard InChI is InChI=1S/C12H8FN3O3/c13-9-3-4-11(16(18)19)10(6-9)15-12(17)8-2-1-5-14-7-8/h1-7H,(H,15,17). The lowest BCUT2D eigenvalue weighted by Gasteiger charge is -2.05. The fourth-order valence-corrected chi connectivity index (χ4v) is 1.46. The number of carbonyl (C=O) groups excluding carboxylic acids is 1. The van der Waals surface area contributed by atoms with Gasteiger partial charge in [0.1, 0.15) is 11.5 Å². The third-order valence-corrected chi connectivity index (χ3v) is 2.33. The number of pyridine rings is 1. The Hall–Kier alpha value is -2.83. The molecule has 1 amide bonds. The highest BCUT2D eigenvalue weighted by Gasteiger charge is 2.17. The van der Waals surface area contributed by atoms with Crippen LogP contribution in [0.15, 0.2) is 42.7 Å². The monoisotopic (exact) mass is 261 g/mol. The molecule has 0 atom stereocenters. The second kappa shape index (κ2) is 5.21. The average Bonchev–Trinajstić information content (AvgIpc) is 2.39. The first-order valence-electron chi connectivity index (χ1n) is 5.23. The van der Waals surface area contributed by atoms with Crippen molar-refractivity contribution in [3.05, 3.63) is 64.2 Å². The molecule has 0 spiro atoms. The minimum Gasteiger partial charge on any atom is -0.316 e. The van der Waals surface area contributed by atoms with E-state index in [2.05, 4.69) is 10.3 Å². The van der Waals surface area contributed by atoms with Crippen molar-refractivity contribution in [3.63, 3.8) is 0 Å². The van der Waals surface area contributed by atoms with Gasteiger partial charge in [-0.25, -0.2) is 4.39 Å². The number of rotatable bonds is 3. The lowest BCUT2D eigenvalue weighted by atomic mass is 10.2. The highest BCUT2D eigenvalue weighted by atomic mass is 19.1. The molecule has 19 heavy (non-hydrogen) atoms. The number of anilines is 1. The Morgan fingerprint density at radius 1 is 1.37 bits per heavy atom. The number of aromatic nitrogens is 1. The van der Waals surface area contributed by atoms with Crippen LogP contribution in [-0.2, 0) is 0 Å². The summed E-state index contributed by atoms with van der Waals surface area (Å²) in [7, 11) is 0. The van der Waals surface area contributed by atoms with Gasteiger partial charge in [0, 0.05) is 24.5 Å². The van der Waals surface area contributed by atoms with Crippen LogP contribution < -0.4 is 5.32 Å². The van der Waals surface area contributed by atoms with E-state index in [4.69, 9.17) is 0 Å². The van der Waals surface area contributed by atoms with Crippen molar-refractivity contribution in [1.82, 2.24) is 4.98 Å². The van der Waals surface area contributed by atoms with E-state index in [9.17, 15) is 19.3 Å². The van der Waals surface area contributed by atoms with Crippen LogP contribution in [0.2, 0.25) is 0 Å². The number of benzene rings is 1. The normalized spacial score (nSPS) is 9.95. The maximum absolute atomic E-state index is 13.1. The molecule has 1 N–H and O–H groups in total. The van der Waals surface area contributed by atoms with Gasteiger partial charge in [0.15, 0.2) is 0 Å². The molecule has 0 saturated heterocycles. The Morgan fingerprint density at radius 3 is 2.79 bits per heavy atom. The Morgan fingerprint density at radius 2 is 2.16 bits per heavy atom. The third kappa shape index (κ3) is 2.89. The van der Waals surface area contributed by atoms with Crippen molar-refractivity contribution in [2.75, 3.05) is 5.32 Å². The fraction of sp³-hybridized carbons (Fsp3) is 0. The fourth-order valence-electron chi connectivity index (χ4n) is 1.46. The summed E-state index contributed by atoms with van der Waals surface area (Å²) in [5, 5.41) is 13.1. The highest BCUT2D eigenvalue weighted by molar-refractivity contribution is 6.05. The summed E-state index contributed by atoms with van der Waals surface area (Å²) in [6.07, 6.45) is 2.79. The second-order valence-corrected chi connectivity index (χ2v) is 3.61. The topological polar surface area (TPSA) is 85.1 Å². The predicted molar refractivity (Wildman–Crippen MR) is 65.2 cm³/mol. The van der Waals surface area contributed by atoms with Crippen LogP contribution in [0, 0.1) is 15.9 Å². The van der Waals surface area contributed by atoms with E-state index in [0.717, 1.165) is 18.2 Å². The first-order chi connectivity index (χ1) is 9.08. The van der Waals surface area contributed by atoms with E-state index in [1.54, 1.807) is 6.07 Å². The van der Waals surface area contributed by atoms with Crippen LogP contribution in [-0.4, -0.2) is 15.8 Å². The maximum atomic E-state index is 13.1. The van der Waals surface area contributed by atoms with E-state index >= 15 is 0 Å². The van der Waals surface area contributed by atoms with Crippen molar-refractivity contribution in [2.24, 2.45) is 0 Å². The predicted octanol–water partition coefficient (Wildman–Crippen LogP) is 2.38. The first kappa shape index (κ1) is 12.6. The summed E-state index contributed by atoms with van der Waals surface area (Å²) in [6, 6.07) is 5.89. The van der Waals surface area contributed by atoms with Crippen LogP contribution in [0.4, 0.5) is 15.8 Å². The Labute approximate surface area is 107 Å². The number of carbonyl (C=O) groups is 1. The van der Waals surface area contributed by atoms with Gasteiger partial charge < -0.3 is 5.32 Å². The quantitative estimate of drug-likeness (QED) is 0.679. The van der Waals surface area contributed by atoms with E-state index in [1.807, 2.05) is 0 Å². The molecule has 0 fully saturated rings. The molecule has 96 valence electrons. The zero-order chi connectivity index (χ0) is 13.8. The van der Waals surface area contributed by atoms with Crippen molar-refractivity contribution in [2.45, 2.75) is 0 Å². The maximum Gasteiger partial charge on any atom is 0.292 e. The zero-order valence-corrected chi connectivity index (χ0v) is 9.54. The molecule has 1 heterocycles. The van der Waals surface area contributed by atoms with E-state index in [1.165, 1.54) is 18.5 Å². The molecule has 2 aromatic rings. The molecule has 0 bridgehead atoms. The molecule has 0 radical (unpaired) electrons. The lowest BCUT2D eigenvalue weighted by molar-refractivity contribution is -0.384. The minimum atomic E-state index is -0.696. The Bertz CT molecular complexity index is 631. The Kier molecular flexibility index (Phi) is 3.46. The summed E-state index contributed by atoms with van der Waals surface area (Å²) < 4.78 is 13.1. The van der Waals surface area contributed by atoms with Gasteiger partial charge >= 0.3 is 0 Å². The molecular weight excluding hydrogens is 253 g/mol. The van der Waals surface area contributed by atoms with E-state index in [0.29, 0.717) is 0 Å². The summed E-state index contributed by atoms with van der Waals surface area (Å²) in [6.45, 7) is 0. The third-order valence-electron chi connectivity index (χ3n) is 2.33. The molecule has 0 aliphatic rings. The molecule has 0 saturated carbocycles. The summed E-state index contributed by atoms with van der Waals surface area (Å²) in [5.41, 5.74) is -0.349.